The Morgan fingerprint density at radius 3 is 2.65 bits per heavy atom. The molecule has 6 heteroatoms. The first-order valence-corrected chi connectivity index (χ1v) is 7.03. The van der Waals surface area contributed by atoms with E-state index in [-0.39, 0.29) is 25.0 Å². The van der Waals surface area contributed by atoms with Crippen LogP contribution in [0.3, 0.4) is 0 Å². The molecule has 1 saturated heterocycles. The van der Waals surface area contributed by atoms with E-state index in [1.165, 1.54) is 7.11 Å². The molecular weight excluding hydrogens is 260 g/mol. The number of ether oxygens (including phenoxy) is 1. The van der Waals surface area contributed by atoms with Gasteiger partial charge in [-0.15, -0.1) is 0 Å². The van der Waals surface area contributed by atoms with Crippen molar-refractivity contribution in [1.29, 1.82) is 0 Å². The Morgan fingerprint density at radius 1 is 1.45 bits per heavy atom. The van der Waals surface area contributed by atoms with E-state index < -0.39 is 17.6 Å². The maximum absolute atomic E-state index is 12.3. The third-order valence-electron chi connectivity index (χ3n) is 3.33. The van der Waals surface area contributed by atoms with Crippen LogP contribution in [0.1, 0.15) is 33.6 Å². The Kier molecular flexibility index (Phi) is 5.95. The van der Waals surface area contributed by atoms with Crippen molar-refractivity contribution < 1.29 is 19.4 Å². The van der Waals surface area contributed by atoms with Gasteiger partial charge in [0.05, 0.1) is 12.7 Å². The zero-order valence-corrected chi connectivity index (χ0v) is 12.8. The average Bonchev–Trinajstić information content (AvgIpc) is 2.83. The van der Waals surface area contributed by atoms with Gasteiger partial charge in [0.25, 0.3) is 0 Å². The van der Waals surface area contributed by atoms with Gasteiger partial charge in [0.2, 0.25) is 11.8 Å². The van der Waals surface area contributed by atoms with Gasteiger partial charge in [0, 0.05) is 25.6 Å². The van der Waals surface area contributed by atoms with Crippen molar-refractivity contribution in [1.82, 2.24) is 10.2 Å². The topological polar surface area (TPSA) is 78.9 Å². The molecule has 2 unspecified atom stereocenters. The fraction of sp³-hybridized carbons (Fsp3) is 0.857. The molecule has 2 amide bonds. The van der Waals surface area contributed by atoms with Crippen LogP contribution in [0.25, 0.3) is 0 Å². The molecule has 116 valence electrons. The van der Waals surface area contributed by atoms with Crippen LogP contribution < -0.4 is 5.32 Å². The van der Waals surface area contributed by atoms with E-state index in [4.69, 9.17) is 4.74 Å². The smallest absolute Gasteiger partial charge is 0.242 e. The van der Waals surface area contributed by atoms with E-state index in [2.05, 4.69) is 5.32 Å². The lowest BCUT2D eigenvalue weighted by Crippen LogP contribution is -2.50. The van der Waals surface area contributed by atoms with E-state index in [0.717, 1.165) is 6.42 Å². The molecule has 0 aromatic heterocycles. The normalized spacial score (nSPS) is 20.9. The van der Waals surface area contributed by atoms with Crippen LogP contribution in [0.4, 0.5) is 0 Å². The Balaban J connectivity index is 2.56. The van der Waals surface area contributed by atoms with Crippen molar-refractivity contribution in [3.05, 3.63) is 0 Å². The molecule has 6 nitrogen and oxygen atoms in total. The largest absolute Gasteiger partial charge is 0.389 e. The molecule has 1 rings (SSSR count). The van der Waals surface area contributed by atoms with Crippen LogP contribution in [-0.2, 0) is 14.3 Å². The highest BCUT2D eigenvalue weighted by atomic mass is 16.5. The number of hydrogen-bond acceptors (Lipinski definition) is 4. The number of carbonyl (C=O) groups is 2. The molecule has 0 bridgehead atoms. The van der Waals surface area contributed by atoms with Gasteiger partial charge in [-0.25, -0.2) is 0 Å². The number of rotatable bonds is 5. The zero-order chi connectivity index (χ0) is 15.3. The number of carbonyl (C=O) groups excluding carboxylic acids is 2. The van der Waals surface area contributed by atoms with Crippen LogP contribution in [0, 0.1) is 5.41 Å². The first-order valence-electron chi connectivity index (χ1n) is 7.03. The minimum absolute atomic E-state index is 0.00686. The number of aliphatic hydroxyl groups is 1. The van der Waals surface area contributed by atoms with Gasteiger partial charge in [0.1, 0.15) is 6.04 Å². The Morgan fingerprint density at radius 2 is 2.10 bits per heavy atom. The van der Waals surface area contributed by atoms with Crippen molar-refractivity contribution in [2.45, 2.75) is 45.8 Å². The number of amides is 2. The van der Waals surface area contributed by atoms with Crippen molar-refractivity contribution in [3.63, 3.8) is 0 Å². The van der Waals surface area contributed by atoms with E-state index in [1.807, 2.05) is 20.8 Å². The summed E-state index contributed by atoms with van der Waals surface area (Å²) >= 11 is 0. The second-order valence-electron chi connectivity index (χ2n) is 6.26. The first-order chi connectivity index (χ1) is 9.27. The molecule has 2 N–H and O–H groups in total. The van der Waals surface area contributed by atoms with E-state index in [9.17, 15) is 14.7 Å². The summed E-state index contributed by atoms with van der Waals surface area (Å²) in [6, 6.07) is -0.420. The summed E-state index contributed by atoms with van der Waals surface area (Å²) < 4.78 is 4.80. The second-order valence-corrected chi connectivity index (χ2v) is 6.26. The molecule has 2 atom stereocenters. The maximum atomic E-state index is 12.3. The number of hydrogen-bond donors (Lipinski definition) is 2. The molecule has 1 fully saturated rings. The minimum Gasteiger partial charge on any atom is -0.389 e. The van der Waals surface area contributed by atoms with E-state index in [0.29, 0.717) is 13.0 Å². The summed E-state index contributed by atoms with van der Waals surface area (Å²) in [5.74, 6) is -0.206. The molecule has 0 saturated carbocycles. The lowest BCUT2D eigenvalue weighted by molar-refractivity contribution is -0.144. The standard InChI is InChI=1S/C14H26N2O4/c1-14(2,3)13(19)16-7-5-6-11(16)12(18)15-8-10(17)9-20-4/h10-11,17H,5-9H2,1-4H3,(H,15,18). The predicted molar refractivity (Wildman–Crippen MR) is 75.1 cm³/mol. The van der Waals surface area contributed by atoms with Gasteiger partial charge < -0.3 is 20.1 Å². The van der Waals surface area contributed by atoms with Gasteiger partial charge >= 0.3 is 0 Å². The van der Waals surface area contributed by atoms with E-state index >= 15 is 0 Å². The molecule has 1 aliphatic rings. The summed E-state index contributed by atoms with van der Waals surface area (Å²) in [6.45, 7) is 6.49. The third kappa shape index (κ3) is 4.45. The molecular formula is C14H26N2O4. The lowest BCUT2D eigenvalue weighted by Gasteiger charge is -2.30. The third-order valence-corrected chi connectivity index (χ3v) is 3.33. The Hall–Kier alpha value is -1.14. The molecule has 0 spiro atoms. The van der Waals surface area contributed by atoms with Crippen molar-refractivity contribution >= 4 is 11.8 Å². The summed E-state index contributed by atoms with van der Waals surface area (Å²) in [4.78, 5) is 26.1. The molecule has 0 aromatic carbocycles. The van der Waals surface area contributed by atoms with Gasteiger partial charge in [-0.2, -0.15) is 0 Å². The predicted octanol–water partition coefficient (Wildman–Crippen LogP) is 0.147. The maximum Gasteiger partial charge on any atom is 0.242 e. The van der Waals surface area contributed by atoms with Crippen LogP contribution in [0.2, 0.25) is 0 Å². The minimum atomic E-state index is -0.725. The van der Waals surface area contributed by atoms with Gasteiger partial charge in [-0.3, -0.25) is 9.59 Å². The highest BCUT2D eigenvalue weighted by Gasteiger charge is 2.38. The van der Waals surface area contributed by atoms with Crippen molar-refractivity contribution in [3.8, 4) is 0 Å². The zero-order valence-electron chi connectivity index (χ0n) is 12.8. The van der Waals surface area contributed by atoms with Gasteiger partial charge in [0.15, 0.2) is 0 Å². The van der Waals surface area contributed by atoms with Crippen LogP contribution in [0.5, 0.6) is 0 Å². The molecule has 0 aliphatic carbocycles. The molecule has 0 radical (unpaired) electrons. The SMILES string of the molecule is COCC(O)CNC(=O)C1CCCN1C(=O)C(C)(C)C. The summed E-state index contributed by atoms with van der Waals surface area (Å²) in [6.07, 6.45) is 0.784. The number of methoxy groups -OCH3 is 1. The summed E-state index contributed by atoms with van der Waals surface area (Å²) in [7, 11) is 1.49. The molecule has 1 aliphatic heterocycles. The molecule has 20 heavy (non-hydrogen) atoms. The number of likely N-dealkylation sites (tertiary alicyclic amines) is 1. The highest BCUT2D eigenvalue weighted by Crippen LogP contribution is 2.25. The lowest BCUT2D eigenvalue weighted by atomic mass is 9.94. The van der Waals surface area contributed by atoms with Crippen LogP contribution in [0.15, 0.2) is 0 Å². The fourth-order valence-corrected chi connectivity index (χ4v) is 2.30. The molecule has 1 heterocycles. The summed E-state index contributed by atoms with van der Waals surface area (Å²) in [5.41, 5.74) is -0.488. The second kappa shape index (κ2) is 7.04. The van der Waals surface area contributed by atoms with Gasteiger partial charge in [-0.1, -0.05) is 20.8 Å². The van der Waals surface area contributed by atoms with E-state index in [1.54, 1.807) is 4.90 Å². The Bertz CT molecular complexity index is 352. The number of aliphatic hydroxyl groups excluding tert-OH is 1. The first kappa shape index (κ1) is 16.9. The summed E-state index contributed by atoms with van der Waals surface area (Å²) in [5, 5.41) is 12.2. The number of nitrogens with zero attached hydrogens (tertiary/aromatic N) is 1. The average molecular weight is 286 g/mol. The highest BCUT2D eigenvalue weighted by molar-refractivity contribution is 5.90. The van der Waals surface area contributed by atoms with Crippen molar-refractivity contribution in [2.24, 2.45) is 5.41 Å². The number of nitrogens with one attached hydrogen (secondary N) is 1. The molecule has 0 aromatic rings. The van der Waals surface area contributed by atoms with Gasteiger partial charge in [-0.05, 0) is 12.8 Å². The quantitative estimate of drug-likeness (QED) is 0.754. The van der Waals surface area contributed by atoms with Crippen molar-refractivity contribution in [2.75, 3.05) is 26.8 Å². The fourth-order valence-electron chi connectivity index (χ4n) is 2.30. The Labute approximate surface area is 120 Å². The van der Waals surface area contributed by atoms with Crippen LogP contribution >= 0.6 is 0 Å². The monoisotopic (exact) mass is 286 g/mol. The van der Waals surface area contributed by atoms with Crippen LogP contribution in [-0.4, -0.2) is 60.8 Å².